The minimum Gasteiger partial charge on any atom is -0.756 e. The standard InChI is InChI=1S/C15H24N2O17P2.2Na/c18-3-5-8(20)10(22)12(24)14(32-5)33-36(28,29)34-35(26,27)30-4-6-9(21)11(23)13(31-6)17-2-1-7(19)16-15(17)25;;/h1-2,5-6,8-14,18,20-24H,3-4H2,(H,26,27)(H,28,29)(H,16,19,25);;/q;2*+1/p-2/t5-,6-,8-,9-,10+,11-,12-,13-,14?;;/m1../s1. The second kappa shape index (κ2) is 14.7. The molecule has 2 saturated heterocycles. The van der Waals surface area contributed by atoms with Gasteiger partial charge in [-0.2, -0.15) is 0 Å². The normalized spacial score (nSPS) is 36.4. The number of aliphatic hydroxyl groups excluding tert-OH is 6. The van der Waals surface area contributed by atoms with Crippen molar-refractivity contribution in [2.24, 2.45) is 0 Å². The second-order valence-corrected chi connectivity index (χ2v) is 10.5. The summed E-state index contributed by atoms with van der Waals surface area (Å²) in [4.78, 5) is 48.9. The maximum atomic E-state index is 12.0. The largest absolute Gasteiger partial charge is 1.00 e. The molecule has 19 nitrogen and oxygen atoms in total. The monoisotopic (exact) mass is 610 g/mol. The van der Waals surface area contributed by atoms with Crippen LogP contribution in [0.1, 0.15) is 6.23 Å². The molecule has 0 bridgehead atoms. The van der Waals surface area contributed by atoms with Gasteiger partial charge in [-0.3, -0.25) is 28.0 Å². The average molecular weight is 610 g/mol. The van der Waals surface area contributed by atoms with E-state index >= 15 is 0 Å². The van der Waals surface area contributed by atoms with Crippen LogP contribution < -0.4 is 80.2 Å². The first kappa shape index (κ1) is 36.6. The van der Waals surface area contributed by atoms with Crippen LogP contribution in [-0.2, 0) is 32.0 Å². The number of H-pyrrole nitrogens is 1. The molecule has 2 aliphatic rings. The molecule has 2 fully saturated rings. The van der Waals surface area contributed by atoms with Gasteiger partial charge in [-0.25, -0.2) is 9.11 Å². The molecule has 0 spiro atoms. The predicted octanol–water partition coefficient (Wildman–Crippen LogP) is -12.0. The van der Waals surface area contributed by atoms with Crippen molar-refractivity contribution in [1.29, 1.82) is 0 Å². The molecule has 2 aliphatic heterocycles. The van der Waals surface area contributed by atoms with Crippen LogP contribution in [0, 0.1) is 0 Å². The van der Waals surface area contributed by atoms with Gasteiger partial charge in [-0.15, -0.1) is 0 Å². The van der Waals surface area contributed by atoms with Crippen molar-refractivity contribution in [3.05, 3.63) is 33.1 Å². The van der Waals surface area contributed by atoms with E-state index in [0.29, 0.717) is 4.57 Å². The zero-order valence-corrected chi connectivity index (χ0v) is 25.6. The van der Waals surface area contributed by atoms with Crippen molar-refractivity contribution in [1.82, 2.24) is 9.55 Å². The minimum absolute atomic E-state index is 0. The molecular weight excluding hydrogens is 588 g/mol. The Hall–Kier alpha value is 0.620. The summed E-state index contributed by atoms with van der Waals surface area (Å²) < 4.78 is 47.1. The first-order valence-corrected chi connectivity index (χ1v) is 12.9. The Kier molecular flexibility index (Phi) is 14.2. The van der Waals surface area contributed by atoms with Gasteiger partial charge in [0.05, 0.1) is 13.2 Å². The number of phosphoric ester groups is 2. The molecule has 3 unspecified atom stereocenters. The molecule has 3 rings (SSSR count). The number of ether oxygens (including phenoxy) is 2. The molecule has 1 aromatic rings. The van der Waals surface area contributed by atoms with E-state index in [9.17, 15) is 54.0 Å². The number of phosphoric acid groups is 2. The van der Waals surface area contributed by atoms with Gasteiger partial charge in [0.15, 0.2) is 12.5 Å². The van der Waals surface area contributed by atoms with Gasteiger partial charge in [0.2, 0.25) is 0 Å². The van der Waals surface area contributed by atoms with E-state index in [2.05, 4.69) is 13.4 Å². The third-order valence-electron chi connectivity index (χ3n) is 5.14. The Morgan fingerprint density at radius 2 is 1.53 bits per heavy atom. The van der Waals surface area contributed by atoms with Crippen molar-refractivity contribution >= 4 is 15.6 Å². The van der Waals surface area contributed by atoms with Crippen molar-refractivity contribution < 1.29 is 132 Å². The third-order valence-corrected chi connectivity index (χ3v) is 7.67. The minimum atomic E-state index is -5.90. The number of rotatable bonds is 9. The molecule has 3 heterocycles. The molecular formula is C15H22N2Na2O17P2. The molecule has 206 valence electrons. The summed E-state index contributed by atoms with van der Waals surface area (Å²) in [5, 5.41) is 58.4. The molecule has 23 heteroatoms. The number of aromatic amines is 1. The predicted molar refractivity (Wildman–Crippen MR) is 104 cm³/mol. The number of hydrogen-bond acceptors (Lipinski definition) is 17. The van der Waals surface area contributed by atoms with Gasteiger partial charge >= 0.3 is 64.8 Å². The quantitative estimate of drug-likeness (QED) is 0.101. The molecule has 38 heavy (non-hydrogen) atoms. The summed E-state index contributed by atoms with van der Waals surface area (Å²) in [6, 6.07) is 0.911. The van der Waals surface area contributed by atoms with Crippen LogP contribution in [-0.4, -0.2) is 102 Å². The molecule has 0 aromatic carbocycles. The van der Waals surface area contributed by atoms with Crippen molar-refractivity contribution in [2.75, 3.05) is 13.2 Å². The number of nitrogens with zero attached hydrogens (tertiary/aromatic N) is 1. The van der Waals surface area contributed by atoms with Crippen LogP contribution in [0.25, 0.3) is 0 Å². The Balaban J connectivity index is 0.00000361. The van der Waals surface area contributed by atoms with E-state index in [-0.39, 0.29) is 59.1 Å². The van der Waals surface area contributed by atoms with Crippen molar-refractivity contribution in [3.8, 4) is 0 Å². The van der Waals surface area contributed by atoms with Crippen LogP contribution in [0.2, 0.25) is 0 Å². The van der Waals surface area contributed by atoms with Crippen LogP contribution in [0.3, 0.4) is 0 Å². The van der Waals surface area contributed by atoms with Gasteiger partial charge in [0.25, 0.3) is 21.2 Å². The summed E-state index contributed by atoms with van der Waals surface area (Å²) in [5.41, 5.74) is -1.78. The smallest absolute Gasteiger partial charge is 0.756 e. The van der Waals surface area contributed by atoms with Crippen LogP contribution in [0.15, 0.2) is 21.9 Å². The molecule has 11 atom stereocenters. The maximum absolute atomic E-state index is 12.0. The summed E-state index contributed by atoms with van der Waals surface area (Å²) in [6.07, 6.45) is -15.8. The SMILES string of the molecule is O=c1ccn([C@@H]2O[C@H](COP(=O)([O-])OP(=O)([O-])OC3O[C@H](CO)[C@@H](O)[C@H](O)[C@H]3O)[C@@H](O)[C@H]2O)c(=O)[nH]1.[Na+].[Na+]. The van der Waals surface area contributed by atoms with Gasteiger partial charge in [-0.05, 0) is 0 Å². The third kappa shape index (κ3) is 8.81. The number of aromatic nitrogens is 2. The zero-order chi connectivity index (χ0) is 27.0. The molecule has 0 radical (unpaired) electrons. The van der Waals surface area contributed by atoms with Crippen LogP contribution >= 0.6 is 15.6 Å². The van der Waals surface area contributed by atoms with E-state index in [0.717, 1.165) is 12.3 Å². The van der Waals surface area contributed by atoms with E-state index in [4.69, 9.17) is 14.6 Å². The Labute approximate surface area is 256 Å². The molecule has 1 aromatic heterocycles. The fourth-order valence-corrected chi connectivity index (χ4v) is 5.42. The van der Waals surface area contributed by atoms with E-state index in [1.807, 2.05) is 4.98 Å². The van der Waals surface area contributed by atoms with Gasteiger partial charge in [0.1, 0.15) is 42.7 Å². The second-order valence-electron chi connectivity index (χ2n) is 7.64. The fraction of sp³-hybridized carbons (Fsp3) is 0.733. The maximum Gasteiger partial charge on any atom is 1.00 e. The van der Waals surface area contributed by atoms with Crippen molar-refractivity contribution in [3.63, 3.8) is 0 Å². The van der Waals surface area contributed by atoms with Gasteiger partial charge in [0, 0.05) is 12.3 Å². The Morgan fingerprint density at radius 3 is 2.11 bits per heavy atom. The first-order valence-electron chi connectivity index (χ1n) is 9.96. The van der Waals surface area contributed by atoms with Crippen LogP contribution in [0.4, 0.5) is 0 Å². The van der Waals surface area contributed by atoms with E-state index < -0.39 is 95.4 Å². The number of nitrogens with one attached hydrogen (secondary N) is 1. The molecule has 0 aliphatic carbocycles. The average Bonchev–Trinajstić information content (AvgIpc) is 3.06. The van der Waals surface area contributed by atoms with E-state index in [1.54, 1.807) is 0 Å². The summed E-state index contributed by atoms with van der Waals surface area (Å²) in [7, 11) is -11.7. The molecule has 0 saturated carbocycles. The van der Waals surface area contributed by atoms with Gasteiger partial charge in [-0.1, -0.05) is 0 Å². The topological polar surface area (TPSA) is 303 Å². The Bertz CT molecular complexity index is 1140. The zero-order valence-electron chi connectivity index (χ0n) is 19.8. The molecule has 7 N–H and O–H groups in total. The molecule has 0 amide bonds. The Morgan fingerprint density at radius 1 is 0.921 bits per heavy atom. The number of aliphatic hydroxyl groups is 6. The first-order chi connectivity index (χ1) is 16.7. The van der Waals surface area contributed by atoms with Gasteiger partial charge < -0.3 is 54.4 Å². The number of hydrogen-bond donors (Lipinski definition) is 7. The summed E-state index contributed by atoms with van der Waals surface area (Å²) in [6.45, 7) is -2.05. The van der Waals surface area contributed by atoms with Crippen molar-refractivity contribution in [2.45, 2.75) is 55.2 Å². The van der Waals surface area contributed by atoms with E-state index in [1.165, 1.54) is 0 Å². The van der Waals surface area contributed by atoms with Crippen LogP contribution in [0.5, 0.6) is 0 Å². The summed E-state index contributed by atoms with van der Waals surface area (Å²) in [5.74, 6) is 0. The summed E-state index contributed by atoms with van der Waals surface area (Å²) >= 11 is 0. The fourth-order valence-electron chi connectivity index (χ4n) is 3.34.